The summed E-state index contributed by atoms with van der Waals surface area (Å²) in [5.41, 5.74) is 2.97. The number of aryl methyl sites for hydroxylation is 1. The van der Waals surface area contributed by atoms with Gasteiger partial charge in [-0.1, -0.05) is 92.0 Å². The molecule has 0 radical (unpaired) electrons. The summed E-state index contributed by atoms with van der Waals surface area (Å²) in [6.07, 6.45) is 5.93. The van der Waals surface area contributed by atoms with Crippen LogP contribution in [0.15, 0.2) is 78.9 Å². The lowest BCUT2D eigenvalue weighted by atomic mass is 10.0. The van der Waals surface area contributed by atoms with Gasteiger partial charge in [-0.25, -0.2) is 8.42 Å². The van der Waals surface area contributed by atoms with Crippen LogP contribution in [0, 0.1) is 0 Å². The Labute approximate surface area is 248 Å². The number of halogens is 1. The van der Waals surface area contributed by atoms with Crippen LogP contribution in [0.1, 0.15) is 49.3 Å². The van der Waals surface area contributed by atoms with Gasteiger partial charge in [0.2, 0.25) is 21.8 Å². The third-order valence-corrected chi connectivity index (χ3v) is 8.94. The van der Waals surface area contributed by atoms with E-state index in [9.17, 15) is 18.0 Å². The number of hydrogen-bond acceptors (Lipinski definition) is 4. The quantitative estimate of drug-likeness (QED) is 0.305. The zero-order valence-corrected chi connectivity index (χ0v) is 25.2. The average molecular weight is 596 g/mol. The van der Waals surface area contributed by atoms with Crippen LogP contribution in [0.25, 0.3) is 0 Å². The highest BCUT2D eigenvalue weighted by molar-refractivity contribution is 7.92. The third kappa shape index (κ3) is 8.33. The van der Waals surface area contributed by atoms with E-state index in [-0.39, 0.29) is 18.5 Å². The third-order valence-electron chi connectivity index (χ3n) is 7.56. The van der Waals surface area contributed by atoms with Gasteiger partial charge in [0.15, 0.2) is 0 Å². The van der Waals surface area contributed by atoms with Gasteiger partial charge in [-0.15, -0.1) is 0 Å². The number of nitrogens with one attached hydrogen (secondary N) is 1. The number of anilines is 1. The minimum Gasteiger partial charge on any atom is -0.352 e. The summed E-state index contributed by atoms with van der Waals surface area (Å²) in [5, 5.41) is 3.74. The number of amides is 2. The molecule has 41 heavy (non-hydrogen) atoms. The minimum atomic E-state index is -3.81. The van der Waals surface area contributed by atoms with Crippen molar-refractivity contribution in [2.24, 2.45) is 0 Å². The largest absolute Gasteiger partial charge is 0.352 e. The molecular weight excluding hydrogens is 558 g/mol. The molecule has 1 unspecified atom stereocenters. The number of sulfonamides is 1. The second kappa shape index (κ2) is 14.0. The maximum Gasteiger partial charge on any atom is 0.244 e. The Bertz CT molecular complexity index is 1420. The van der Waals surface area contributed by atoms with Gasteiger partial charge in [-0.2, -0.15) is 0 Å². The molecule has 2 amide bonds. The first-order valence-corrected chi connectivity index (χ1v) is 16.3. The molecule has 0 saturated heterocycles. The molecule has 1 aliphatic rings. The molecule has 9 heteroatoms. The summed E-state index contributed by atoms with van der Waals surface area (Å²) in [4.78, 5) is 29.6. The Hall–Kier alpha value is -3.36. The van der Waals surface area contributed by atoms with Crippen LogP contribution in [-0.2, 0) is 39.0 Å². The fraction of sp³-hybridized carbons (Fsp3) is 0.375. The SMILES string of the molecule is CCc1ccccc1N(CC(=O)N(Cc1ccc(Cl)cc1)C(Cc1ccccc1)C(=O)NC1CCCC1)S(C)(=O)=O. The van der Waals surface area contributed by atoms with E-state index < -0.39 is 28.5 Å². The first kappa shape index (κ1) is 30.6. The Balaban J connectivity index is 1.73. The molecule has 218 valence electrons. The van der Waals surface area contributed by atoms with Gasteiger partial charge in [-0.3, -0.25) is 13.9 Å². The highest BCUT2D eigenvalue weighted by Crippen LogP contribution is 2.25. The molecule has 4 rings (SSSR count). The molecule has 0 heterocycles. The molecule has 0 spiro atoms. The van der Waals surface area contributed by atoms with Gasteiger partial charge in [0.05, 0.1) is 11.9 Å². The number of carbonyl (C=O) groups is 2. The lowest BCUT2D eigenvalue weighted by Gasteiger charge is -2.34. The molecule has 1 saturated carbocycles. The molecular formula is C32H38ClN3O4S. The van der Waals surface area contributed by atoms with Crippen molar-refractivity contribution in [3.63, 3.8) is 0 Å². The molecule has 3 aromatic carbocycles. The summed E-state index contributed by atoms with van der Waals surface area (Å²) in [7, 11) is -3.81. The number of carbonyl (C=O) groups excluding carboxylic acids is 2. The van der Waals surface area contributed by atoms with Crippen LogP contribution in [0.5, 0.6) is 0 Å². The molecule has 0 aliphatic heterocycles. The van der Waals surface area contributed by atoms with Crippen molar-refractivity contribution in [1.29, 1.82) is 0 Å². The topological polar surface area (TPSA) is 86.8 Å². The van der Waals surface area contributed by atoms with Crippen molar-refractivity contribution in [3.05, 3.63) is 101 Å². The summed E-state index contributed by atoms with van der Waals surface area (Å²) >= 11 is 6.12. The van der Waals surface area contributed by atoms with E-state index in [2.05, 4.69) is 5.32 Å². The highest BCUT2D eigenvalue weighted by Gasteiger charge is 2.34. The van der Waals surface area contributed by atoms with Crippen LogP contribution < -0.4 is 9.62 Å². The van der Waals surface area contributed by atoms with Crippen LogP contribution in [0.3, 0.4) is 0 Å². The van der Waals surface area contributed by atoms with Crippen molar-refractivity contribution >= 4 is 39.1 Å². The summed E-state index contributed by atoms with van der Waals surface area (Å²) in [6.45, 7) is 1.64. The van der Waals surface area contributed by atoms with Gasteiger partial charge in [-0.05, 0) is 54.2 Å². The number of nitrogens with zero attached hydrogens (tertiary/aromatic N) is 2. The molecule has 1 atom stereocenters. The van der Waals surface area contributed by atoms with Gasteiger partial charge >= 0.3 is 0 Å². The van der Waals surface area contributed by atoms with Crippen molar-refractivity contribution in [1.82, 2.24) is 10.2 Å². The van der Waals surface area contributed by atoms with E-state index in [0.717, 1.165) is 52.9 Å². The van der Waals surface area contributed by atoms with Crippen molar-refractivity contribution in [3.8, 4) is 0 Å². The van der Waals surface area contributed by atoms with Gasteiger partial charge in [0, 0.05) is 24.0 Å². The van der Waals surface area contributed by atoms with Gasteiger partial charge in [0.25, 0.3) is 0 Å². The lowest BCUT2D eigenvalue weighted by molar-refractivity contribution is -0.140. The maximum atomic E-state index is 14.2. The van der Waals surface area contributed by atoms with Crippen molar-refractivity contribution < 1.29 is 18.0 Å². The van der Waals surface area contributed by atoms with E-state index in [4.69, 9.17) is 11.6 Å². The monoisotopic (exact) mass is 595 g/mol. The number of benzene rings is 3. The fourth-order valence-electron chi connectivity index (χ4n) is 5.36. The predicted molar refractivity (Wildman–Crippen MR) is 164 cm³/mol. The van der Waals surface area contributed by atoms with E-state index in [0.29, 0.717) is 23.6 Å². The Morgan fingerprint density at radius 1 is 0.927 bits per heavy atom. The van der Waals surface area contributed by atoms with Crippen LogP contribution in [0.2, 0.25) is 5.02 Å². The van der Waals surface area contributed by atoms with Gasteiger partial charge < -0.3 is 10.2 Å². The summed E-state index contributed by atoms with van der Waals surface area (Å²) in [6, 6.07) is 23.1. The Kier molecular flexibility index (Phi) is 10.5. The summed E-state index contributed by atoms with van der Waals surface area (Å²) < 4.78 is 27.2. The molecule has 7 nitrogen and oxygen atoms in total. The normalized spacial score (nSPS) is 14.4. The van der Waals surface area contributed by atoms with Gasteiger partial charge in [0.1, 0.15) is 12.6 Å². The maximum absolute atomic E-state index is 14.2. The average Bonchev–Trinajstić information content (AvgIpc) is 3.47. The fourth-order valence-corrected chi connectivity index (χ4v) is 6.36. The smallest absolute Gasteiger partial charge is 0.244 e. The molecule has 1 N–H and O–H groups in total. The van der Waals surface area contributed by atoms with E-state index >= 15 is 0 Å². The molecule has 0 aromatic heterocycles. The molecule has 1 fully saturated rings. The van der Waals surface area contributed by atoms with Crippen LogP contribution in [0.4, 0.5) is 5.69 Å². The Morgan fingerprint density at radius 2 is 1.56 bits per heavy atom. The number of para-hydroxylation sites is 1. The standard InChI is InChI=1S/C32H38ClN3O4S/c1-3-26-13-7-10-16-29(26)36(41(2,39)40)23-31(37)35(22-25-17-19-27(33)20-18-25)30(21-24-11-5-4-6-12-24)32(38)34-28-14-8-9-15-28/h4-7,10-13,16-20,28,30H,3,8-9,14-15,21-23H2,1-2H3,(H,34,38). The first-order valence-electron chi connectivity index (χ1n) is 14.1. The first-order chi connectivity index (χ1) is 19.7. The van der Waals surface area contributed by atoms with Crippen LogP contribution in [-0.4, -0.2) is 50.0 Å². The highest BCUT2D eigenvalue weighted by atomic mass is 35.5. The lowest BCUT2D eigenvalue weighted by Crippen LogP contribution is -2.54. The van der Waals surface area contributed by atoms with Crippen molar-refractivity contribution in [2.75, 3.05) is 17.1 Å². The predicted octanol–water partition coefficient (Wildman–Crippen LogP) is 5.37. The zero-order chi connectivity index (χ0) is 29.4. The second-order valence-corrected chi connectivity index (χ2v) is 12.9. The summed E-state index contributed by atoms with van der Waals surface area (Å²) in [5.74, 6) is -0.693. The zero-order valence-electron chi connectivity index (χ0n) is 23.6. The molecule has 3 aromatic rings. The number of rotatable bonds is 12. The van der Waals surface area contributed by atoms with Crippen LogP contribution >= 0.6 is 11.6 Å². The van der Waals surface area contributed by atoms with Crippen molar-refractivity contribution in [2.45, 2.75) is 64.1 Å². The number of hydrogen-bond donors (Lipinski definition) is 1. The molecule has 0 bridgehead atoms. The van der Waals surface area contributed by atoms with E-state index in [1.54, 1.807) is 24.3 Å². The van der Waals surface area contributed by atoms with E-state index in [1.807, 2.05) is 61.5 Å². The minimum absolute atomic E-state index is 0.0669. The molecule has 1 aliphatic carbocycles. The van der Waals surface area contributed by atoms with E-state index in [1.165, 1.54) is 4.90 Å². The Morgan fingerprint density at radius 3 is 2.20 bits per heavy atom. The second-order valence-electron chi connectivity index (χ2n) is 10.6.